The van der Waals surface area contributed by atoms with Crippen LogP contribution in [0.3, 0.4) is 0 Å². The summed E-state index contributed by atoms with van der Waals surface area (Å²) in [6, 6.07) is 7.87. The molecule has 0 fully saturated rings. The van der Waals surface area contributed by atoms with Gasteiger partial charge in [0.15, 0.2) is 11.5 Å². The third kappa shape index (κ3) is 5.86. The summed E-state index contributed by atoms with van der Waals surface area (Å²) in [4.78, 5) is 12.6. The molecule has 0 aliphatic rings. The zero-order valence-corrected chi connectivity index (χ0v) is 19.5. The fourth-order valence-corrected chi connectivity index (χ4v) is 3.99. The molecule has 9 nitrogen and oxygen atoms in total. The van der Waals surface area contributed by atoms with Crippen LogP contribution in [0.1, 0.15) is 5.56 Å². The van der Waals surface area contributed by atoms with E-state index >= 15 is 0 Å². The van der Waals surface area contributed by atoms with Crippen LogP contribution < -0.4 is 28.6 Å². The van der Waals surface area contributed by atoms with Crippen LogP contribution in [0.25, 0.3) is 0 Å². The molecule has 0 aliphatic heterocycles. The van der Waals surface area contributed by atoms with Crippen LogP contribution in [0, 0.1) is 0 Å². The molecule has 0 aliphatic carbocycles. The van der Waals surface area contributed by atoms with Crippen molar-refractivity contribution in [3.8, 4) is 23.0 Å². The molecule has 170 valence electrons. The number of methoxy groups -OCH3 is 4. The fraction of sp³-hybridized carbons (Fsp3) is 0.350. The Morgan fingerprint density at radius 1 is 0.968 bits per heavy atom. The zero-order valence-electron chi connectivity index (χ0n) is 17.9. The Kier molecular flexibility index (Phi) is 8.23. The van der Waals surface area contributed by atoms with Crippen molar-refractivity contribution in [1.82, 2.24) is 5.32 Å². The zero-order chi connectivity index (χ0) is 23.2. The SMILES string of the molecule is COc1ccc(N(CC(=O)NCc2ccc(OC)c(OC)c2OC)S(C)(=O)=O)cc1Cl. The van der Waals surface area contributed by atoms with Crippen molar-refractivity contribution >= 4 is 33.2 Å². The maximum atomic E-state index is 12.6. The van der Waals surface area contributed by atoms with Gasteiger partial charge in [-0.2, -0.15) is 0 Å². The van der Waals surface area contributed by atoms with Gasteiger partial charge >= 0.3 is 0 Å². The van der Waals surface area contributed by atoms with E-state index in [1.54, 1.807) is 12.1 Å². The molecule has 0 unspecified atom stereocenters. The number of hydrogen-bond acceptors (Lipinski definition) is 7. The van der Waals surface area contributed by atoms with Gasteiger partial charge in [-0.05, 0) is 30.3 Å². The van der Waals surface area contributed by atoms with Crippen LogP contribution >= 0.6 is 11.6 Å². The third-order valence-corrected chi connectivity index (χ3v) is 5.81. The maximum Gasteiger partial charge on any atom is 0.241 e. The summed E-state index contributed by atoms with van der Waals surface area (Å²) in [6.07, 6.45) is 1.01. The van der Waals surface area contributed by atoms with E-state index in [0.29, 0.717) is 28.6 Å². The van der Waals surface area contributed by atoms with Crippen LogP contribution in [0.15, 0.2) is 30.3 Å². The summed E-state index contributed by atoms with van der Waals surface area (Å²) >= 11 is 6.11. The van der Waals surface area contributed by atoms with E-state index in [-0.39, 0.29) is 17.3 Å². The Morgan fingerprint density at radius 2 is 1.58 bits per heavy atom. The lowest BCUT2D eigenvalue weighted by Crippen LogP contribution is -2.40. The maximum absolute atomic E-state index is 12.6. The summed E-state index contributed by atoms with van der Waals surface area (Å²) in [7, 11) is 2.15. The Hall–Kier alpha value is -2.85. The van der Waals surface area contributed by atoms with E-state index in [0.717, 1.165) is 10.6 Å². The van der Waals surface area contributed by atoms with Gasteiger partial charge in [-0.25, -0.2) is 8.42 Å². The van der Waals surface area contributed by atoms with E-state index in [1.165, 1.54) is 46.6 Å². The first-order valence-electron chi connectivity index (χ1n) is 9.02. The van der Waals surface area contributed by atoms with Crippen molar-refractivity contribution in [2.24, 2.45) is 0 Å². The summed E-state index contributed by atoms with van der Waals surface area (Å²) in [5.74, 6) is 1.15. The molecule has 11 heteroatoms. The highest BCUT2D eigenvalue weighted by Crippen LogP contribution is 2.39. The van der Waals surface area contributed by atoms with Crippen molar-refractivity contribution in [2.45, 2.75) is 6.54 Å². The third-order valence-electron chi connectivity index (χ3n) is 4.37. The molecule has 31 heavy (non-hydrogen) atoms. The summed E-state index contributed by atoms with van der Waals surface area (Å²) in [5.41, 5.74) is 0.874. The minimum atomic E-state index is -3.75. The number of anilines is 1. The number of carbonyl (C=O) groups excluding carboxylic acids is 1. The smallest absolute Gasteiger partial charge is 0.241 e. The number of halogens is 1. The number of benzene rings is 2. The van der Waals surface area contributed by atoms with Gasteiger partial charge in [-0.1, -0.05) is 11.6 Å². The van der Waals surface area contributed by atoms with Gasteiger partial charge in [0.2, 0.25) is 21.7 Å². The van der Waals surface area contributed by atoms with Crippen molar-refractivity contribution in [3.05, 3.63) is 40.9 Å². The molecule has 0 aromatic heterocycles. The number of nitrogens with zero attached hydrogens (tertiary/aromatic N) is 1. The highest BCUT2D eigenvalue weighted by molar-refractivity contribution is 7.92. The van der Waals surface area contributed by atoms with Gasteiger partial charge in [-0.15, -0.1) is 0 Å². The second-order valence-electron chi connectivity index (χ2n) is 6.36. The number of carbonyl (C=O) groups is 1. The van der Waals surface area contributed by atoms with Gasteiger partial charge in [0.25, 0.3) is 0 Å². The van der Waals surface area contributed by atoms with Gasteiger partial charge in [0.05, 0.1) is 45.4 Å². The van der Waals surface area contributed by atoms with Gasteiger partial charge < -0.3 is 24.3 Å². The van der Waals surface area contributed by atoms with Gasteiger partial charge in [0, 0.05) is 12.1 Å². The van der Waals surface area contributed by atoms with Gasteiger partial charge in [0.1, 0.15) is 12.3 Å². The lowest BCUT2D eigenvalue weighted by molar-refractivity contribution is -0.119. The molecule has 0 saturated heterocycles. The Balaban J connectivity index is 2.20. The van der Waals surface area contributed by atoms with E-state index in [9.17, 15) is 13.2 Å². The van der Waals surface area contributed by atoms with Crippen LogP contribution in [-0.2, 0) is 21.4 Å². The number of ether oxygens (including phenoxy) is 4. The molecule has 0 atom stereocenters. The lowest BCUT2D eigenvalue weighted by atomic mass is 10.1. The molecule has 0 saturated carbocycles. The highest BCUT2D eigenvalue weighted by Gasteiger charge is 2.22. The van der Waals surface area contributed by atoms with Crippen LogP contribution in [0.4, 0.5) is 5.69 Å². The van der Waals surface area contributed by atoms with E-state index < -0.39 is 22.5 Å². The van der Waals surface area contributed by atoms with E-state index in [2.05, 4.69) is 5.32 Å². The molecule has 1 amide bonds. The fourth-order valence-electron chi connectivity index (χ4n) is 2.89. The molecular formula is C20H25ClN2O7S. The summed E-state index contributed by atoms with van der Waals surface area (Å²) < 4.78 is 46.6. The molecule has 2 aromatic rings. The minimum Gasteiger partial charge on any atom is -0.495 e. The second kappa shape index (κ2) is 10.5. The number of sulfonamides is 1. The number of hydrogen-bond donors (Lipinski definition) is 1. The Labute approximate surface area is 186 Å². The van der Waals surface area contributed by atoms with Crippen molar-refractivity contribution in [1.29, 1.82) is 0 Å². The first-order chi connectivity index (χ1) is 14.7. The highest BCUT2D eigenvalue weighted by atomic mass is 35.5. The first kappa shape index (κ1) is 24.4. The Morgan fingerprint density at radius 3 is 2.10 bits per heavy atom. The van der Waals surface area contributed by atoms with Crippen LogP contribution in [0.5, 0.6) is 23.0 Å². The quantitative estimate of drug-likeness (QED) is 0.566. The first-order valence-corrected chi connectivity index (χ1v) is 11.2. The van der Waals surface area contributed by atoms with E-state index in [4.69, 9.17) is 30.5 Å². The number of rotatable bonds is 10. The number of nitrogens with one attached hydrogen (secondary N) is 1. The average Bonchev–Trinajstić information content (AvgIpc) is 2.74. The summed E-state index contributed by atoms with van der Waals surface area (Å²) in [6.45, 7) is -0.347. The topological polar surface area (TPSA) is 103 Å². The Bertz CT molecular complexity index is 1040. The predicted octanol–water partition coefficient (Wildman–Crippen LogP) is 2.46. The predicted molar refractivity (Wildman–Crippen MR) is 118 cm³/mol. The summed E-state index contributed by atoms with van der Waals surface area (Å²) in [5, 5.41) is 2.92. The molecule has 2 aromatic carbocycles. The average molecular weight is 473 g/mol. The van der Waals surface area contributed by atoms with Crippen LogP contribution in [-0.4, -0.2) is 55.6 Å². The lowest BCUT2D eigenvalue weighted by Gasteiger charge is -2.22. The van der Waals surface area contributed by atoms with Gasteiger partial charge in [-0.3, -0.25) is 9.10 Å². The van der Waals surface area contributed by atoms with Crippen LogP contribution in [0.2, 0.25) is 5.02 Å². The van der Waals surface area contributed by atoms with E-state index in [1.807, 2.05) is 0 Å². The van der Waals surface area contributed by atoms with Crippen molar-refractivity contribution in [2.75, 3.05) is 45.5 Å². The second-order valence-corrected chi connectivity index (χ2v) is 8.67. The standard InChI is InChI=1S/C20H25ClN2O7S/c1-27-16-9-7-14(10-15(16)21)23(31(5,25)26)12-18(24)22-11-13-6-8-17(28-2)20(30-4)19(13)29-3/h6-10H,11-12H2,1-5H3,(H,22,24). The molecular weight excluding hydrogens is 448 g/mol. The number of amides is 1. The minimum absolute atomic E-state index is 0.0866. The molecule has 2 rings (SSSR count). The molecule has 0 bridgehead atoms. The monoisotopic (exact) mass is 472 g/mol. The molecule has 0 heterocycles. The largest absolute Gasteiger partial charge is 0.495 e. The van der Waals surface area contributed by atoms with Crippen molar-refractivity contribution < 1.29 is 32.2 Å². The molecule has 0 spiro atoms. The van der Waals surface area contributed by atoms with Crippen molar-refractivity contribution in [3.63, 3.8) is 0 Å². The molecule has 0 radical (unpaired) electrons. The normalized spacial score (nSPS) is 10.9. The molecule has 1 N–H and O–H groups in total.